The molecule has 0 spiro atoms. The molecule has 0 aliphatic carbocycles. The number of benzene rings is 1. The predicted octanol–water partition coefficient (Wildman–Crippen LogP) is 5.51. The summed E-state index contributed by atoms with van der Waals surface area (Å²) in [5.41, 5.74) is 3.03. The molecule has 1 aromatic carbocycles. The highest BCUT2D eigenvalue weighted by atomic mass is 28.3. The fourth-order valence-electron chi connectivity index (χ4n) is 3.05. The van der Waals surface area contributed by atoms with Crippen molar-refractivity contribution >= 4 is 14.0 Å². The molecule has 0 aliphatic rings. The monoisotopic (exact) mass is 290 g/mol. The molecule has 1 atom stereocenters. The molecule has 0 heterocycles. The minimum Gasteiger partial charge on any atom is -0.0680 e. The first-order chi connectivity index (χ1) is 9.66. The number of rotatable bonds is 10. The summed E-state index contributed by atoms with van der Waals surface area (Å²) >= 11 is 0. The Morgan fingerprint density at radius 2 is 1.45 bits per heavy atom. The van der Waals surface area contributed by atoms with Gasteiger partial charge in [-0.3, -0.25) is 0 Å². The van der Waals surface area contributed by atoms with Crippen molar-refractivity contribution in [3.8, 4) is 0 Å². The molecule has 1 unspecified atom stereocenters. The second kappa shape index (κ2) is 10.2. The van der Waals surface area contributed by atoms with Crippen LogP contribution in [-0.2, 0) is 0 Å². The Morgan fingerprint density at radius 3 is 2.10 bits per heavy atom. The van der Waals surface area contributed by atoms with E-state index < -0.39 is 8.80 Å². The maximum atomic E-state index is 2.53. The molecule has 0 fully saturated rings. The number of hydrogen-bond acceptors (Lipinski definition) is 0. The quantitative estimate of drug-likeness (QED) is 0.394. The highest BCUT2D eigenvalue weighted by Crippen LogP contribution is 2.12. The molecule has 0 radical (unpaired) electrons. The average molecular weight is 291 g/mol. The summed E-state index contributed by atoms with van der Waals surface area (Å²) in [5, 5.41) is 1.70. The highest BCUT2D eigenvalue weighted by molar-refractivity contribution is 6.72. The van der Waals surface area contributed by atoms with Crippen LogP contribution in [0.25, 0.3) is 0 Å². The van der Waals surface area contributed by atoms with E-state index in [1.165, 1.54) is 63.0 Å². The van der Waals surface area contributed by atoms with E-state index in [0.717, 1.165) is 0 Å². The third-order valence-electron chi connectivity index (χ3n) is 4.67. The molecule has 0 saturated carbocycles. The van der Waals surface area contributed by atoms with E-state index in [0.29, 0.717) is 0 Å². The standard InChI is InChI=1S/C19H34Si/c1-5-6-7-8-9-10-11-12-16-20(4)19-15-13-14-17(2)18(19)3/h13-15,20H,5-12,16H2,1-4H3. The first kappa shape index (κ1) is 17.5. The van der Waals surface area contributed by atoms with Crippen LogP contribution in [0.15, 0.2) is 18.2 Å². The second-order valence-electron chi connectivity index (χ2n) is 6.45. The Bertz CT molecular complexity index is 370. The van der Waals surface area contributed by atoms with Gasteiger partial charge in [0.25, 0.3) is 0 Å². The molecular formula is C19H34Si. The molecule has 1 rings (SSSR count). The number of hydrogen-bond donors (Lipinski definition) is 0. The molecule has 0 bridgehead atoms. The Labute approximate surface area is 128 Å². The summed E-state index contributed by atoms with van der Waals surface area (Å²) in [6.07, 6.45) is 11.5. The second-order valence-corrected chi connectivity index (χ2v) is 9.46. The largest absolute Gasteiger partial charge is 0.0681 e. The first-order valence-electron chi connectivity index (χ1n) is 8.73. The van der Waals surface area contributed by atoms with Gasteiger partial charge in [0.05, 0.1) is 8.80 Å². The predicted molar refractivity (Wildman–Crippen MR) is 96.0 cm³/mol. The van der Waals surface area contributed by atoms with E-state index in [1.807, 2.05) is 0 Å². The lowest BCUT2D eigenvalue weighted by Crippen LogP contribution is -2.29. The minimum atomic E-state index is -0.698. The topological polar surface area (TPSA) is 0 Å². The molecule has 1 heteroatoms. The summed E-state index contributed by atoms with van der Waals surface area (Å²) < 4.78 is 0. The SMILES string of the molecule is CCCCCCCCCC[SiH](C)c1cccc(C)c1C. The van der Waals surface area contributed by atoms with Gasteiger partial charge in [-0.2, -0.15) is 0 Å². The Balaban J connectivity index is 2.17. The highest BCUT2D eigenvalue weighted by Gasteiger charge is 2.10. The van der Waals surface area contributed by atoms with Gasteiger partial charge in [-0.05, 0) is 25.0 Å². The fraction of sp³-hybridized carbons (Fsp3) is 0.684. The van der Waals surface area contributed by atoms with Crippen molar-refractivity contribution in [2.45, 2.75) is 84.7 Å². The molecule has 0 saturated heterocycles. The van der Waals surface area contributed by atoms with Gasteiger partial charge in [0.1, 0.15) is 0 Å². The molecule has 0 aliphatic heterocycles. The van der Waals surface area contributed by atoms with Gasteiger partial charge in [0.2, 0.25) is 0 Å². The summed E-state index contributed by atoms with van der Waals surface area (Å²) in [5.74, 6) is 0. The van der Waals surface area contributed by atoms with Gasteiger partial charge in [-0.1, -0.05) is 94.3 Å². The molecular weight excluding hydrogens is 256 g/mol. The van der Waals surface area contributed by atoms with Crippen molar-refractivity contribution in [1.82, 2.24) is 0 Å². The summed E-state index contributed by atoms with van der Waals surface area (Å²) in [6, 6.07) is 8.36. The molecule has 114 valence electrons. The minimum absolute atomic E-state index is 0.698. The lowest BCUT2D eigenvalue weighted by molar-refractivity contribution is 0.584. The molecule has 0 amide bonds. The number of aryl methyl sites for hydroxylation is 1. The van der Waals surface area contributed by atoms with E-state index >= 15 is 0 Å². The summed E-state index contributed by atoms with van der Waals surface area (Å²) in [4.78, 5) is 0. The van der Waals surface area contributed by atoms with Gasteiger partial charge >= 0.3 is 0 Å². The van der Waals surface area contributed by atoms with Crippen molar-refractivity contribution in [3.63, 3.8) is 0 Å². The van der Waals surface area contributed by atoms with Gasteiger partial charge in [-0.25, -0.2) is 0 Å². The maximum Gasteiger partial charge on any atom is 0.0681 e. The van der Waals surface area contributed by atoms with Crippen LogP contribution in [0.3, 0.4) is 0 Å². The molecule has 0 nitrogen and oxygen atoms in total. The average Bonchev–Trinajstić information content (AvgIpc) is 2.44. The zero-order valence-corrected chi connectivity index (χ0v) is 15.3. The van der Waals surface area contributed by atoms with Gasteiger partial charge in [0.15, 0.2) is 0 Å². The van der Waals surface area contributed by atoms with E-state index in [2.05, 4.69) is 45.5 Å². The van der Waals surface area contributed by atoms with E-state index in [4.69, 9.17) is 0 Å². The van der Waals surface area contributed by atoms with Crippen molar-refractivity contribution < 1.29 is 0 Å². The Morgan fingerprint density at radius 1 is 0.850 bits per heavy atom. The molecule has 0 N–H and O–H groups in total. The summed E-state index contributed by atoms with van der Waals surface area (Å²) in [6.45, 7) is 9.38. The van der Waals surface area contributed by atoms with Gasteiger partial charge in [-0.15, -0.1) is 0 Å². The lowest BCUT2D eigenvalue weighted by Gasteiger charge is -2.15. The fourth-order valence-corrected chi connectivity index (χ4v) is 5.67. The number of unbranched alkanes of at least 4 members (excludes halogenated alkanes) is 7. The lowest BCUT2D eigenvalue weighted by atomic mass is 10.1. The van der Waals surface area contributed by atoms with Crippen molar-refractivity contribution in [2.75, 3.05) is 0 Å². The van der Waals surface area contributed by atoms with Crippen LogP contribution in [-0.4, -0.2) is 8.80 Å². The van der Waals surface area contributed by atoms with Crippen LogP contribution in [0.2, 0.25) is 12.6 Å². The van der Waals surface area contributed by atoms with Crippen LogP contribution in [0.1, 0.15) is 69.4 Å². The zero-order valence-electron chi connectivity index (χ0n) is 14.2. The maximum absolute atomic E-state index is 2.53. The van der Waals surface area contributed by atoms with Crippen LogP contribution >= 0.6 is 0 Å². The van der Waals surface area contributed by atoms with Crippen LogP contribution in [0.4, 0.5) is 0 Å². The van der Waals surface area contributed by atoms with Crippen molar-refractivity contribution in [1.29, 1.82) is 0 Å². The van der Waals surface area contributed by atoms with E-state index in [9.17, 15) is 0 Å². The van der Waals surface area contributed by atoms with Crippen molar-refractivity contribution in [3.05, 3.63) is 29.3 Å². The van der Waals surface area contributed by atoms with Crippen molar-refractivity contribution in [2.24, 2.45) is 0 Å². The summed E-state index contributed by atoms with van der Waals surface area (Å²) in [7, 11) is -0.698. The third-order valence-corrected chi connectivity index (χ3v) is 7.63. The van der Waals surface area contributed by atoms with Crippen LogP contribution < -0.4 is 5.19 Å². The zero-order chi connectivity index (χ0) is 14.8. The smallest absolute Gasteiger partial charge is 0.0680 e. The third kappa shape index (κ3) is 6.26. The van der Waals surface area contributed by atoms with E-state index in [-0.39, 0.29) is 0 Å². The first-order valence-corrected chi connectivity index (χ1v) is 11.3. The Hall–Kier alpha value is -0.563. The van der Waals surface area contributed by atoms with Crippen LogP contribution in [0.5, 0.6) is 0 Å². The molecule has 1 aromatic rings. The normalized spacial score (nSPS) is 12.6. The molecule has 0 aromatic heterocycles. The van der Waals surface area contributed by atoms with Gasteiger partial charge in [0, 0.05) is 0 Å². The molecule has 20 heavy (non-hydrogen) atoms. The van der Waals surface area contributed by atoms with Crippen LogP contribution in [0, 0.1) is 13.8 Å². The van der Waals surface area contributed by atoms with E-state index in [1.54, 1.807) is 10.8 Å². The van der Waals surface area contributed by atoms with Gasteiger partial charge < -0.3 is 0 Å². The Kier molecular flexibility index (Phi) is 8.92.